The molecular weight excluding hydrogens is 289 g/mol. The summed E-state index contributed by atoms with van der Waals surface area (Å²) in [5.74, 6) is 0. The molecule has 0 bridgehead atoms. The molecule has 18 valence electrons. The fourth-order valence-corrected chi connectivity index (χ4v) is 0. The number of rotatable bonds is 0. The van der Waals surface area contributed by atoms with E-state index >= 15 is 0 Å². The second-order valence-corrected chi connectivity index (χ2v) is 0. The predicted molar refractivity (Wildman–Crippen MR) is 16.1 cm³/mol. The molecule has 0 amide bonds. The van der Waals surface area contributed by atoms with Gasteiger partial charge in [-0.3, -0.25) is 0 Å². The normalized spacial score (nSPS) is 0. The van der Waals surface area contributed by atoms with Crippen LogP contribution in [-0.2, 0) is 46.8 Å². The molecule has 0 aromatic carbocycles. The SMILES string of the molecule is S.[Cd].[Se].[Zn]. The summed E-state index contributed by atoms with van der Waals surface area (Å²) in [6.45, 7) is 0. The maximum absolute atomic E-state index is 0. The van der Waals surface area contributed by atoms with Crippen molar-refractivity contribution in [1.82, 2.24) is 0 Å². The Hall–Kier alpha value is 2.41. The molecule has 4 heavy (non-hydrogen) atoms. The van der Waals surface area contributed by atoms with E-state index in [1.165, 1.54) is 0 Å². The molecule has 0 aliphatic heterocycles. The van der Waals surface area contributed by atoms with Gasteiger partial charge in [-0.1, -0.05) is 0 Å². The third-order valence-electron chi connectivity index (χ3n) is 0. The topological polar surface area (TPSA) is 0 Å². The van der Waals surface area contributed by atoms with Crippen LogP contribution >= 0.6 is 13.5 Å². The Bertz CT molecular complexity index is 8.00. The molecule has 0 aromatic heterocycles. The molecule has 0 aliphatic rings. The summed E-state index contributed by atoms with van der Waals surface area (Å²) >= 11 is 0. The molecule has 0 spiro atoms. The van der Waals surface area contributed by atoms with E-state index in [2.05, 4.69) is 0 Å². The van der Waals surface area contributed by atoms with Crippen LogP contribution in [0.25, 0.3) is 0 Å². The Morgan fingerprint density at radius 3 is 1.00 bits per heavy atom. The molecule has 0 aromatic rings. The summed E-state index contributed by atoms with van der Waals surface area (Å²) < 4.78 is 0. The zero-order valence-corrected chi connectivity index (χ0v) is 12.0. The van der Waals surface area contributed by atoms with Crippen LogP contribution in [0.1, 0.15) is 0 Å². The molecule has 0 rings (SSSR count). The molecule has 0 saturated carbocycles. The van der Waals surface area contributed by atoms with E-state index < -0.39 is 0 Å². The van der Waals surface area contributed by atoms with E-state index in [1.54, 1.807) is 0 Å². The van der Waals surface area contributed by atoms with Crippen molar-refractivity contribution in [2.75, 3.05) is 0 Å². The predicted octanol–water partition coefficient (Wildman–Crippen LogP) is -0.273. The van der Waals surface area contributed by atoms with Gasteiger partial charge in [0.15, 0.2) is 0 Å². The van der Waals surface area contributed by atoms with Crippen molar-refractivity contribution in [2.45, 2.75) is 0 Å². The molecule has 0 nitrogen and oxygen atoms in total. The van der Waals surface area contributed by atoms with Crippen LogP contribution < -0.4 is 0 Å². The second kappa shape index (κ2) is 18.1. The van der Waals surface area contributed by atoms with E-state index in [1.807, 2.05) is 0 Å². The van der Waals surface area contributed by atoms with Crippen molar-refractivity contribution in [3.63, 3.8) is 0 Å². The van der Waals surface area contributed by atoms with Crippen LogP contribution in [0.2, 0.25) is 0 Å². The molecule has 4 heteroatoms. The van der Waals surface area contributed by atoms with Crippen LogP contribution in [0.5, 0.6) is 0 Å². The Balaban J connectivity index is 0. The second-order valence-electron chi connectivity index (χ2n) is 0. The van der Waals surface area contributed by atoms with Gasteiger partial charge in [0, 0.05) is 63.8 Å². The van der Waals surface area contributed by atoms with Gasteiger partial charge in [-0.05, 0) is 0 Å². The average Bonchev–Trinajstić information content (AvgIpc) is 0. The summed E-state index contributed by atoms with van der Waals surface area (Å²) in [5, 5.41) is 0. The smallest absolute Gasteiger partial charge is 0 e. The monoisotopic (exact) mass is 292 g/mol. The van der Waals surface area contributed by atoms with Gasteiger partial charge in [-0.2, -0.15) is 13.5 Å². The van der Waals surface area contributed by atoms with Gasteiger partial charge in [0.05, 0.1) is 0 Å². The van der Waals surface area contributed by atoms with E-state index in [0.29, 0.717) is 0 Å². The molecular formula is H2CdSSeZn. The third kappa shape index (κ3) is 8.83. The first-order valence-electron chi connectivity index (χ1n) is 0. The van der Waals surface area contributed by atoms with E-state index in [0.717, 1.165) is 0 Å². The first-order valence-corrected chi connectivity index (χ1v) is 0. The first-order chi connectivity index (χ1) is 0. The molecule has 0 N–H and O–H groups in total. The molecule has 0 aliphatic carbocycles. The number of hydrogen-bond acceptors (Lipinski definition) is 0. The fraction of sp³-hybridized carbons (Fsp3) is 0. The minimum absolute atomic E-state index is 0. The molecule has 0 fully saturated rings. The van der Waals surface area contributed by atoms with Crippen LogP contribution in [0.15, 0.2) is 0 Å². The van der Waals surface area contributed by atoms with E-state index in [-0.39, 0.29) is 77.3 Å². The summed E-state index contributed by atoms with van der Waals surface area (Å²) in [5.41, 5.74) is 0. The van der Waals surface area contributed by atoms with Gasteiger partial charge in [0.1, 0.15) is 0 Å². The van der Waals surface area contributed by atoms with Crippen molar-refractivity contribution < 1.29 is 46.8 Å². The average molecular weight is 291 g/mol. The Kier molecular flexibility index (Phi) is 146. The summed E-state index contributed by atoms with van der Waals surface area (Å²) in [4.78, 5) is 0. The molecule has 0 atom stereocenters. The summed E-state index contributed by atoms with van der Waals surface area (Å²) in [7, 11) is 0. The van der Waals surface area contributed by atoms with Crippen molar-refractivity contribution in [2.24, 2.45) is 0 Å². The Morgan fingerprint density at radius 1 is 1.00 bits per heavy atom. The largest absolute Gasteiger partial charge is 0.197 e. The van der Waals surface area contributed by atoms with Crippen molar-refractivity contribution in [1.29, 1.82) is 0 Å². The van der Waals surface area contributed by atoms with Gasteiger partial charge in [0.2, 0.25) is 0 Å². The van der Waals surface area contributed by atoms with Crippen molar-refractivity contribution in [3.8, 4) is 0 Å². The molecule has 0 heterocycles. The Labute approximate surface area is 76.3 Å². The van der Waals surface area contributed by atoms with Gasteiger partial charge >= 0.3 is 0 Å². The van der Waals surface area contributed by atoms with Crippen LogP contribution in [0.4, 0.5) is 0 Å². The van der Waals surface area contributed by atoms with Gasteiger partial charge in [-0.25, -0.2) is 0 Å². The van der Waals surface area contributed by atoms with Crippen LogP contribution in [0, 0.1) is 0 Å². The quantitative estimate of drug-likeness (QED) is 0.539. The van der Waals surface area contributed by atoms with E-state index in [4.69, 9.17) is 0 Å². The number of hydrogen-bond donors (Lipinski definition) is 0. The fourth-order valence-electron chi connectivity index (χ4n) is 0. The maximum Gasteiger partial charge on any atom is 0 e. The minimum Gasteiger partial charge on any atom is -0.197 e. The van der Waals surface area contributed by atoms with Crippen LogP contribution in [-0.4, -0.2) is 17.1 Å². The maximum atomic E-state index is 0. The minimum atomic E-state index is 0. The van der Waals surface area contributed by atoms with E-state index in [9.17, 15) is 0 Å². The van der Waals surface area contributed by atoms with Gasteiger partial charge < -0.3 is 0 Å². The summed E-state index contributed by atoms with van der Waals surface area (Å²) in [6, 6.07) is 0. The van der Waals surface area contributed by atoms with Crippen molar-refractivity contribution >= 4 is 30.6 Å². The molecule has 0 unspecified atom stereocenters. The standard InChI is InChI=1S/Cd.H2S.Se.Zn/h;1H2;;. The summed E-state index contributed by atoms with van der Waals surface area (Å²) in [6.07, 6.45) is 0. The first kappa shape index (κ1) is 32.3. The Morgan fingerprint density at radius 2 is 1.00 bits per heavy atom. The third-order valence-corrected chi connectivity index (χ3v) is 0. The van der Waals surface area contributed by atoms with Gasteiger partial charge in [-0.15, -0.1) is 0 Å². The molecule has 2 radical (unpaired) electrons. The van der Waals surface area contributed by atoms with Crippen LogP contribution in [0.3, 0.4) is 0 Å². The zero-order valence-electron chi connectivity index (χ0n) is 2.32. The molecule has 0 saturated heterocycles. The van der Waals surface area contributed by atoms with Gasteiger partial charge in [0.25, 0.3) is 0 Å². The zero-order chi connectivity index (χ0) is 0. The van der Waals surface area contributed by atoms with Crippen molar-refractivity contribution in [3.05, 3.63) is 0 Å².